The molecule has 9 rings (SSSR count). The van der Waals surface area contributed by atoms with Gasteiger partial charge in [-0.15, -0.1) is 11.8 Å². The zero-order valence-corrected chi connectivity index (χ0v) is 35.3. The van der Waals surface area contributed by atoms with E-state index in [1.807, 2.05) is 36.4 Å². The molecular formula is C44H44Cl2F2N4O8S. The molecular weight excluding hydrogens is 853 g/mol. The molecule has 17 heteroatoms. The Balaban J connectivity index is 1.01. The number of carbonyl (C=O) groups is 3. The predicted molar refractivity (Wildman–Crippen MR) is 225 cm³/mol. The van der Waals surface area contributed by atoms with Gasteiger partial charge in [-0.1, -0.05) is 59.6 Å². The number of hydrogen-bond acceptors (Lipinski definition) is 10. The summed E-state index contributed by atoms with van der Waals surface area (Å²) in [6.07, 6.45) is 4.28. The summed E-state index contributed by atoms with van der Waals surface area (Å²) in [4.78, 5) is 47.6. The molecule has 5 fully saturated rings. The number of amides is 2. The first-order valence-electron chi connectivity index (χ1n) is 20.2. The van der Waals surface area contributed by atoms with Crippen LogP contribution in [0.4, 0.5) is 19.3 Å². The van der Waals surface area contributed by atoms with E-state index in [0.717, 1.165) is 57.7 Å². The van der Waals surface area contributed by atoms with Gasteiger partial charge in [-0.25, -0.2) is 9.59 Å². The summed E-state index contributed by atoms with van der Waals surface area (Å²) in [6.45, 7) is 0.321. The van der Waals surface area contributed by atoms with Crippen molar-refractivity contribution in [1.82, 2.24) is 9.80 Å². The second kappa shape index (κ2) is 19.1. The van der Waals surface area contributed by atoms with E-state index in [4.69, 9.17) is 42.1 Å². The molecule has 0 unspecified atom stereocenters. The number of alkyl halides is 2. The third kappa shape index (κ3) is 10.4. The van der Waals surface area contributed by atoms with Gasteiger partial charge in [-0.05, 0) is 98.1 Å². The predicted octanol–water partition coefficient (Wildman–Crippen LogP) is 8.30. The molecule has 3 atom stereocenters. The number of thioether (sulfide) groups is 1. The van der Waals surface area contributed by atoms with Crippen LogP contribution in [-0.2, 0) is 27.2 Å². The van der Waals surface area contributed by atoms with E-state index in [2.05, 4.69) is 4.90 Å². The number of rotatable bonds is 15. The first-order chi connectivity index (χ1) is 29.5. The van der Waals surface area contributed by atoms with Crippen LogP contribution in [0.15, 0.2) is 85.2 Å². The van der Waals surface area contributed by atoms with Crippen LogP contribution in [0, 0.1) is 17.0 Å². The molecule has 12 nitrogen and oxygen atoms in total. The van der Waals surface area contributed by atoms with Crippen LogP contribution in [0.2, 0.25) is 10.0 Å². The van der Waals surface area contributed by atoms with Gasteiger partial charge in [0.1, 0.15) is 22.3 Å². The summed E-state index contributed by atoms with van der Waals surface area (Å²) in [6, 6.07) is 20.4. The number of ether oxygens (including phenoxy) is 4. The third-order valence-electron chi connectivity index (χ3n) is 11.4. The summed E-state index contributed by atoms with van der Waals surface area (Å²) in [5.74, 6) is -0.225. The summed E-state index contributed by atoms with van der Waals surface area (Å²) in [7, 11) is 0. The molecule has 3 aromatic carbocycles. The number of anilines is 1. The highest BCUT2D eigenvalue weighted by Crippen LogP contribution is 2.39. The van der Waals surface area contributed by atoms with Gasteiger partial charge < -0.3 is 29.1 Å². The van der Waals surface area contributed by atoms with Crippen LogP contribution in [0.1, 0.15) is 58.8 Å². The lowest BCUT2D eigenvalue weighted by Crippen LogP contribution is -2.53. The van der Waals surface area contributed by atoms with Gasteiger partial charge in [0.2, 0.25) is 0 Å². The number of aromatic nitrogens is 1. The normalized spacial score (nSPS) is 21.2. The molecule has 322 valence electrons. The highest BCUT2D eigenvalue weighted by molar-refractivity contribution is 8.00. The van der Waals surface area contributed by atoms with Crippen LogP contribution in [-0.4, -0.2) is 84.4 Å². The average Bonchev–Trinajstić information content (AvgIpc) is 3.96. The van der Waals surface area contributed by atoms with E-state index in [1.54, 1.807) is 23.1 Å². The Labute approximate surface area is 366 Å². The molecule has 5 aliphatic rings. The van der Waals surface area contributed by atoms with E-state index in [9.17, 15) is 28.4 Å². The molecule has 4 aromatic rings. The second-order valence-electron chi connectivity index (χ2n) is 15.7. The first kappa shape index (κ1) is 42.8. The van der Waals surface area contributed by atoms with Crippen molar-refractivity contribution in [2.45, 2.75) is 62.8 Å². The fourth-order valence-corrected chi connectivity index (χ4v) is 9.69. The molecule has 4 aliphatic heterocycles. The number of fused-ring (bicyclic) bond motifs is 3. The molecule has 4 saturated heterocycles. The topological polar surface area (TPSA) is 125 Å². The third-order valence-corrected chi connectivity index (χ3v) is 13.3. The summed E-state index contributed by atoms with van der Waals surface area (Å²) in [5.41, 5.74) is 2.32. The molecule has 5 heterocycles. The minimum atomic E-state index is -3.11. The lowest BCUT2D eigenvalue weighted by atomic mass is 9.86. The minimum absolute atomic E-state index is 0.0245. The second-order valence-corrected chi connectivity index (χ2v) is 17.7. The number of carbonyl (C=O) groups excluding carboxylic acids is 3. The van der Waals surface area contributed by atoms with Crippen molar-refractivity contribution in [3.8, 4) is 11.5 Å². The van der Waals surface area contributed by atoms with Crippen LogP contribution < -0.4 is 19.1 Å². The first-order valence-corrected chi connectivity index (χ1v) is 22.1. The minimum Gasteiger partial charge on any atom is -0.619 e. The Morgan fingerprint density at radius 3 is 2.36 bits per heavy atom. The van der Waals surface area contributed by atoms with Gasteiger partial charge in [0.05, 0.1) is 13.2 Å². The Hall–Kier alpha value is -4.83. The van der Waals surface area contributed by atoms with Gasteiger partial charge in [0, 0.05) is 42.1 Å². The highest BCUT2D eigenvalue weighted by Gasteiger charge is 2.40. The van der Waals surface area contributed by atoms with Crippen molar-refractivity contribution in [2.75, 3.05) is 43.4 Å². The van der Waals surface area contributed by atoms with Gasteiger partial charge in [-0.3, -0.25) is 14.6 Å². The fourth-order valence-electron chi connectivity index (χ4n) is 7.99. The van der Waals surface area contributed by atoms with Crippen LogP contribution >= 0.6 is 35.0 Å². The largest absolute Gasteiger partial charge is 0.619 e. The van der Waals surface area contributed by atoms with E-state index >= 15 is 0 Å². The fraction of sp³-hybridized carbons (Fsp3) is 0.409. The Morgan fingerprint density at radius 1 is 0.918 bits per heavy atom. The van der Waals surface area contributed by atoms with Crippen molar-refractivity contribution in [3.05, 3.63) is 123 Å². The summed E-state index contributed by atoms with van der Waals surface area (Å²) < 4.78 is 50.1. The molecule has 0 radical (unpaired) electrons. The van der Waals surface area contributed by atoms with Crippen LogP contribution in [0.25, 0.3) is 0 Å². The number of piperidine rings is 3. The Bertz CT molecular complexity index is 2210. The van der Waals surface area contributed by atoms with Gasteiger partial charge in [0.25, 0.3) is 5.91 Å². The molecule has 1 aliphatic carbocycles. The van der Waals surface area contributed by atoms with E-state index in [-0.39, 0.29) is 47.2 Å². The van der Waals surface area contributed by atoms with Crippen LogP contribution in [0.5, 0.6) is 11.5 Å². The zero-order valence-electron chi connectivity index (χ0n) is 33.0. The molecule has 2 amide bonds. The smallest absolute Gasteiger partial charge is 0.414 e. The van der Waals surface area contributed by atoms with Gasteiger partial charge in [0.15, 0.2) is 29.3 Å². The maximum atomic E-state index is 14.2. The zero-order chi connectivity index (χ0) is 42.6. The number of nitrogens with zero attached hydrogens (tertiary/aromatic N) is 4. The van der Waals surface area contributed by atoms with E-state index in [1.165, 1.54) is 34.9 Å². The molecule has 1 saturated carbocycles. The SMILES string of the molecule is O=C(O[C@@H](Cc1c(Cl)c[n+]([O-])cc1Cl)c1ccc(OC(F)F)c(OCC2CC2)c1)[C@@H]1SCCN1C(=O)c1cccc(CN(C(=O)O[C@H]2CN3CCC2CC3)c2ccccc2)c1. The van der Waals surface area contributed by atoms with E-state index in [0.29, 0.717) is 56.9 Å². The van der Waals surface area contributed by atoms with Crippen molar-refractivity contribution < 1.29 is 46.8 Å². The van der Waals surface area contributed by atoms with Crippen molar-refractivity contribution in [3.63, 3.8) is 0 Å². The molecule has 61 heavy (non-hydrogen) atoms. The lowest BCUT2D eigenvalue weighted by molar-refractivity contribution is -0.605. The van der Waals surface area contributed by atoms with Crippen molar-refractivity contribution >= 4 is 58.6 Å². The molecule has 1 aromatic heterocycles. The van der Waals surface area contributed by atoms with Crippen molar-refractivity contribution in [2.24, 2.45) is 11.8 Å². The summed E-state index contributed by atoms with van der Waals surface area (Å²) >= 11 is 14.2. The number of esters is 1. The molecule has 2 bridgehead atoms. The standard InChI is InChI=1S/C44H44Cl2F2N4O8S/c45-34-23-50(56)24-35(46)33(34)21-37(30-11-12-36(59-43(47)48)38(20-30)57-26-27-9-10-27)58-42(54)41-51(17-18-61-41)40(53)31-6-4-5-28(19-31)22-52(32-7-2-1-3-8-32)44(55)60-39-25-49-15-13-29(39)14-16-49/h1-8,11-12,19-20,23-24,27,29,37,39,41,43H,9-10,13-18,21-22,25-26H2/t37-,39-,41-/m0/s1. The van der Waals surface area contributed by atoms with Crippen LogP contribution in [0.3, 0.4) is 0 Å². The maximum Gasteiger partial charge on any atom is 0.414 e. The number of pyridine rings is 1. The summed E-state index contributed by atoms with van der Waals surface area (Å²) in [5, 5.41) is 11.1. The number of halogens is 4. The van der Waals surface area contributed by atoms with Crippen molar-refractivity contribution in [1.29, 1.82) is 0 Å². The van der Waals surface area contributed by atoms with Gasteiger partial charge in [-0.2, -0.15) is 13.5 Å². The Kier molecular flexibility index (Phi) is 13.4. The van der Waals surface area contributed by atoms with E-state index < -0.39 is 36.1 Å². The maximum absolute atomic E-state index is 14.2. The van der Waals surface area contributed by atoms with Gasteiger partial charge >= 0.3 is 18.7 Å². The Morgan fingerprint density at radius 2 is 1.67 bits per heavy atom. The average molecular weight is 898 g/mol. The molecule has 0 N–H and O–H groups in total. The number of benzene rings is 3. The lowest BCUT2D eigenvalue weighted by Gasteiger charge is -2.44. The monoisotopic (exact) mass is 896 g/mol. The molecule has 0 spiro atoms. The number of para-hydroxylation sites is 1. The quantitative estimate of drug-likeness (QED) is 0.0654. The number of hydrogen-bond donors (Lipinski definition) is 0. The highest BCUT2D eigenvalue weighted by atomic mass is 35.5.